The van der Waals surface area contributed by atoms with E-state index < -0.39 is 18.2 Å². The van der Waals surface area contributed by atoms with Crippen LogP contribution in [0.3, 0.4) is 0 Å². The Kier molecular flexibility index (Phi) is 6.93. The van der Waals surface area contributed by atoms with Gasteiger partial charge in [-0.15, -0.1) is 0 Å². The standard InChI is InChI=1S/C33H31NO4/c35-32(31-15-7-8-18-37-31)30(20-22-16-17-23-9-1-2-10-24(23)19-22)34-33(36)38-21-29-27-13-5-3-11-25(27)26-12-4-6-14-28(26)29/h1-6,9-14,16-17,19,29-31H,7-8,15,18,20-21H2,(H,34,36)/t30-,31?/m0/s1. The number of ketones is 1. The number of rotatable bonds is 7. The summed E-state index contributed by atoms with van der Waals surface area (Å²) in [6, 6.07) is 30.0. The third kappa shape index (κ3) is 4.94. The molecule has 5 heteroatoms. The van der Waals surface area contributed by atoms with E-state index in [0.29, 0.717) is 19.4 Å². The number of amides is 1. The SMILES string of the molecule is O=C(N[C@@H](Cc1ccc2ccccc2c1)C(=O)C1CCCCO1)OCC1c2ccccc2-c2ccccc21. The molecule has 0 radical (unpaired) electrons. The number of carbonyl (C=O) groups excluding carboxylic acids is 2. The average molecular weight is 506 g/mol. The first-order valence-electron chi connectivity index (χ1n) is 13.4. The van der Waals surface area contributed by atoms with Gasteiger partial charge in [-0.2, -0.15) is 0 Å². The van der Waals surface area contributed by atoms with Gasteiger partial charge in [0.1, 0.15) is 12.7 Å². The maximum atomic E-state index is 13.5. The summed E-state index contributed by atoms with van der Waals surface area (Å²) in [6.07, 6.45) is 1.89. The van der Waals surface area contributed by atoms with Gasteiger partial charge in [0.15, 0.2) is 5.78 Å². The Morgan fingerprint density at radius 3 is 2.24 bits per heavy atom. The molecule has 1 unspecified atom stereocenters. The highest BCUT2D eigenvalue weighted by Gasteiger charge is 2.32. The number of alkyl carbamates (subject to hydrolysis) is 1. The van der Waals surface area contributed by atoms with Gasteiger partial charge in [0.2, 0.25) is 0 Å². The van der Waals surface area contributed by atoms with E-state index in [1.165, 1.54) is 11.1 Å². The second kappa shape index (κ2) is 10.8. The molecule has 1 fully saturated rings. The fourth-order valence-corrected chi connectivity index (χ4v) is 5.80. The van der Waals surface area contributed by atoms with Crippen LogP contribution in [-0.4, -0.2) is 37.2 Å². The highest BCUT2D eigenvalue weighted by atomic mass is 16.5. The van der Waals surface area contributed by atoms with Crippen LogP contribution in [0.1, 0.15) is 41.9 Å². The van der Waals surface area contributed by atoms with Crippen molar-refractivity contribution in [2.45, 2.75) is 43.7 Å². The van der Waals surface area contributed by atoms with Crippen LogP contribution in [-0.2, 0) is 20.7 Å². The molecule has 1 amide bonds. The maximum Gasteiger partial charge on any atom is 0.407 e. The van der Waals surface area contributed by atoms with E-state index >= 15 is 0 Å². The molecule has 38 heavy (non-hydrogen) atoms. The maximum absolute atomic E-state index is 13.5. The Balaban J connectivity index is 1.19. The molecule has 4 aromatic carbocycles. The number of nitrogens with one attached hydrogen (secondary N) is 1. The van der Waals surface area contributed by atoms with Gasteiger partial charge in [0, 0.05) is 18.9 Å². The summed E-state index contributed by atoms with van der Waals surface area (Å²) in [5.74, 6) is -0.129. The van der Waals surface area contributed by atoms with Crippen molar-refractivity contribution in [3.05, 3.63) is 108 Å². The lowest BCUT2D eigenvalue weighted by Crippen LogP contribution is -2.48. The molecular weight excluding hydrogens is 474 g/mol. The van der Waals surface area contributed by atoms with Crippen molar-refractivity contribution in [2.24, 2.45) is 0 Å². The molecule has 192 valence electrons. The normalized spacial score (nSPS) is 17.4. The quantitative estimate of drug-likeness (QED) is 0.314. The lowest BCUT2D eigenvalue weighted by atomic mass is 9.94. The minimum Gasteiger partial charge on any atom is -0.449 e. The van der Waals surface area contributed by atoms with E-state index in [9.17, 15) is 9.59 Å². The number of fused-ring (bicyclic) bond motifs is 4. The van der Waals surface area contributed by atoms with Crippen LogP contribution in [0.4, 0.5) is 4.79 Å². The molecule has 2 atom stereocenters. The average Bonchev–Trinajstić information content (AvgIpc) is 3.29. The summed E-state index contributed by atoms with van der Waals surface area (Å²) in [5, 5.41) is 5.13. The van der Waals surface area contributed by atoms with Gasteiger partial charge in [0.25, 0.3) is 0 Å². The predicted molar refractivity (Wildman–Crippen MR) is 148 cm³/mol. The van der Waals surface area contributed by atoms with Gasteiger partial charge < -0.3 is 14.8 Å². The summed E-state index contributed by atoms with van der Waals surface area (Å²) in [4.78, 5) is 26.6. The van der Waals surface area contributed by atoms with Crippen LogP contribution in [0, 0.1) is 0 Å². The van der Waals surface area contributed by atoms with Crippen LogP contribution >= 0.6 is 0 Å². The van der Waals surface area contributed by atoms with Crippen molar-refractivity contribution in [3.63, 3.8) is 0 Å². The minimum atomic E-state index is -0.727. The molecule has 1 aliphatic heterocycles. The lowest BCUT2D eigenvalue weighted by Gasteiger charge is -2.26. The molecule has 2 aliphatic rings. The van der Waals surface area contributed by atoms with Gasteiger partial charge >= 0.3 is 6.09 Å². The van der Waals surface area contributed by atoms with E-state index in [1.54, 1.807) is 0 Å². The molecule has 1 saturated heterocycles. The molecule has 4 aromatic rings. The first-order valence-corrected chi connectivity index (χ1v) is 13.4. The molecule has 0 saturated carbocycles. The number of hydrogen-bond acceptors (Lipinski definition) is 4. The fraction of sp³-hybridized carbons (Fsp3) is 0.273. The zero-order valence-corrected chi connectivity index (χ0v) is 21.3. The summed E-state index contributed by atoms with van der Waals surface area (Å²) in [6.45, 7) is 0.778. The highest BCUT2D eigenvalue weighted by molar-refractivity contribution is 5.91. The molecule has 0 spiro atoms. The number of carbonyl (C=O) groups is 2. The van der Waals surface area contributed by atoms with Crippen molar-refractivity contribution < 1.29 is 19.1 Å². The number of benzene rings is 4. The van der Waals surface area contributed by atoms with Crippen molar-refractivity contribution >= 4 is 22.6 Å². The third-order valence-electron chi connectivity index (χ3n) is 7.73. The van der Waals surface area contributed by atoms with Gasteiger partial charge in [0.05, 0.1) is 6.04 Å². The van der Waals surface area contributed by atoms with Crippen molar-refractivity contribution in [3.8, 4) is 11.1 Å². The number of ether oxygens (including phenoxy) is 2. The summed E-state index contributed by atoms with van der Waals surface area (Å²) in [5.41, 5.74) is 5.64. The molecule has 1 N–H and O–H groups in total. The van der Waals surface area contributed by atoms with E-state index in [2.05, 4.69) is 53.8 Å². The topological polar surface area (TPSA) is 64.6 Å². The largest absolute Gasteiger partial charge is 0.449 e. The van der Waals surface area contributed by atoms with Gasteiger partial charge in [-0.3, -0.25) is 4.79 Å². The Bertz CT molecular complexity index is 1430. The zero-order chi connectivity index (χ0) is 25.9. The van der Waals surface area contributed by atoms with Crippen LogP contribution < -0.4 is 5.32 Å². The fourth-order valence-electron chi connectivity index (χ4n) is 5.80. The second-order valence-corrected chi connectivity index (χ2v) is 10.2. The van der Waals surface area contributed by atoms with Gasteiger partial charge in [-0.05, 0) is 57.9 Å². The first-order chi connectivity index (χ1) is 18.7. The van der Waals surface area contributed by atoms with Crippen LogP contribution in [0.15, 0.2) is 91.0 Å². The number of Topliss-reactive ketones (excluding diaryl/α,β-unsaturated/α-hetero) is 1. The summed E-state index contributed by atoms with van der Waals surface area (Å²) < 4.78 is 11.6. The lowest BCUT2D eigenvalue weighted by molar-refractivity contribution is -0.135. The van der Waals surface area contributed by atoms with Crippen LogP contribution in [0.2, 0.25) is 0 Å². The Morgan fingerprint density at radius 1 is 0.842 bits per heavy atom. The molecule has 6 rings (SSSR count). The Labute approximate surface area is 222 Å². The van der Waals surface area contributed by atoms with E-state index in [0.717, 1.165) is 40.3 Å². The number of hydrogen-bond donors (Lipinski definition) is 1. The zero-order valence-electron chi connectivity index (χ0n) is 21.3. The van der Waals surface area contributed by atoms with Gasteiger partial charge in [-0.1, -0.05) is 91.0 Å². The predicted octanol–water partition coefficient (Wildman–Crippen LogP) is 6.43. The molecular formula is C33H31NO4. The van der Waals surface area contributed by atoms with E-state index in [-0.39, 0.29) is 18.3 Å². The smallest absolute Gasteiger partial charge is 0.407 e. The molecule has 1 aliphatic carbocycles. The van der Waals surface area contributed by atoms with Crippen molar-refractivity contribution in [1.82, 2.24) is 5.32 Å². The molecule has 5 nitrogen and oxygen atoms in total. The van der Waals surface area contributed by atoms with E-state index in [1.807, 2.05) is 42.5 Å². The molecule has 0 aromatic heterocycles. The van der Waals surface area contributed by atoms with Crippen molar-refractivity contribution in [1.29, 1.82) is 0 Å². The minimum absolute atomic E-state index is 0.0375. The monoisotopic (exact) mass is 505 g/mol. The Morgan fingerprint density at radius 2 is 1.53 bits per heavy atom. The molecule has 1 heterocycles. The van der Waals surface area contributed by atoms with Crippen LogP contribution in [0.25, 0.3) is 21.9 Å². The Hall–Kier alpha value is -3.96. The van der Waals surface area contributed by atoms with Gasteiger partial charge in [-0.25, -0.2) is 4.79 Å². The van der Waals surface area contributed by atoms with Crippen molar-refractivity contribution in [2.75, 3.05) is 13.2 Å². The third-order valence-corrected chi connectivity index (χ3v) is 7.73. The summed E-state index contributed by atoms with van der Waals surface area (Å²) in [7, 11) is 0. The van der Waals surface area contributed by atoms with Crippen LogP contribution in [0.5, 0.6) is 0 Å². The first kappa shape index (κ1) is 24.4. The van der Waals surface area contributed by atoms with E-state index in [4.69, 9.17) is 9.47 Å². The summed E-state index contributed by atoms with van der Waals surface area (Å²) >= 11 is 0. The second-order valence-electron chi connectivity index (χ2n) is 10.2. The molecule has 0 bridgehead atoms. The highest BCUT2D eigenvalue weighted by Crippen LogP contribution is 2.44.